The van der Waals surface area contributed by atoms with Gasteiger partial charge in [-0.15, -0.1) is 0 Å². The van der Waals surface area contributed by atoms with Gasteiger partial charge < -0.3 is 15.5 Å². The molecule has 1 aliphatic rings. The van der Waals surface area contributed by atoms with Crippen LogP contribution < -0.4 is 10.6 Å². The van der Waals surface area contributed by atoms with E-state index in [9.17, 15) is 13.2 Å². The lowest BCUT2D eigenvalue weighted by molar-refractivity contribution is -0.127. The number of carbonyl (C=O) groups is 1. The van der Waals surface area contributed by atoms with Crippen LogP contribution in [-0.4, -0.2) is 52.0 Å². The van der Waals surface area contributed by atoms with Crippen molar-refractivity contribution in [1.82, 2.24) is 10.2 Å². The van der Waals surface area contributed by atoms with Crippen LogP contribution in [0.5, 0.6) is 0 Å². The third-order valence-corrected chi connectivity index (χ3v) is 6.83. The summed E-state index contributed by atoms with van der Waals surface area (Å²) in [5, 5.41) is 6.23. The molecule has 0 aliphatic heterocycles. The van der Waals surface area contributed by atoms with Crippen molar-refractivity contribution in [3.05, 3.63) is 59.5 Å². The van der Waals surface area contributed by atoms with Gasteiger partial charge in [-0.05, 0) is 61.4 Å². The van der Waals surface area contributed by atoms with Gasteiger partial charge in [0.15, 0.2) is 9.84 Å². The number of amides is 1. The average Bonchev–Trinajstić information content (AvgIpc) is 3.00. The zero-order valence-electron chi connectivity index (χ0n) is 21.8. The summed E-state index contributed by atoms with van der Waals surface area (Å²) >= 11 is 0. The fourth-order valence-electron chi connectivity index (χ4n) is 3.47. The molecule has 0 saturated heterocycles. The summed E-state index contributed by atoms with van der Waals surface area (Å²) in [7, 11) is -1.42. The summed E-state index contributed by atoms with van der Waals surface area (Å²) in [6.07, 6.45) is 11.1. The normalized spacial score (nSPS) is 14.5. The van der Waals surface area contributed by atoms with Crippen molar-refractivity contribution >= 4 is 27.8 Å². The van der Waals surface area contributed by atoms with Crippen LogP contribution in [0.25, 0.3) is 0 Å². The smallest absolute Gasteiger partial charge is 0.253 e. The van der Waals surface area contributed by atoms with Crippen LogP contribution in [0.3, 0.4) is 0 Å². The van der Waals surface area contributed by atoms with E-state index in [1.165, 1.54) is 6.26 Å². The molecule has 0 heterocycles. The molecule has 0 spiro atoms. The van der Waals surface area contributed by atoms with Crippen LogP contribution in [0.1, 0.15) is 47.0 Å². The molecule has 0 bridgehead atoms. The summed E-state index contributed by atoms with van der Waals surface area (Å²) < 4.78 is 23.2. The largest absolute Gasteiger partial charge is 0.386 e. The number of anilines is 1. The van der Waals surface area contributed by atoms with Crippen LogP contribution in [-0.2, 0) is 14.6 Å². The van der Waals surface area contributed by atoms with Gasteiger partial charge in [0.2, 0.25) is 0 Å². The van der Waals surface area contributed by atoms with Crippen LogP contribution in [0.4, 0.5) is 5.69 Å². The maximum atomic E-state index is 13.4. The SMILES string of the molecule is CNC1=CC(C(=O)N(CCC(C)C)CCC(C)C)=CCC=C1N=CNc1ccc(S(C)(=O)=O)cc1. The lowest BCUT2D eigenvalue weighted by atomic mass is 10.1. The van der Waals surface area contributed by atoms with Crippen LogP contribution in [0.2, 0.25) is 0 Å². The Labute approximate surface area is 211 Å². The number of carbonyl (C=O) groups excluding carboxylic acids is 1. The van der Waals surface area contributed by atoms with Crippen molar-refractivity contribution in [2.45, 2.75) is 51.9 Å². The zero-order valence-corrected chi connectivity index (χ0v) is 22.7. The van der Waals surface area contributed by atoms with Crippen molar-refractivity contribution < 1.29 is 13.2 Å². The highest BCUT2D eigenvalue weighted by atomic mass is 32.2. The summed E-state index contributed by atoms with van der Waals surface area (Å²) in [6, 6.07) is 6.50. The van der Waals surface area contributed by atoms with E-state index in [-0.39, 0.29) is 10.8 Å². The molecule has 2 N–H and O–H groups in total. The number of likely N-dealkylation sites (N-methyl/N-ethyl adjacent to an activating group) is 1. The summed E-state index contributed by atoms with van der Waals surface area (Å²) in [5.41, 5.74) is 2.89. The molecule has 0 unspecified atom stereocenters. The first-order chi connectivity index (χ1) is 16.5. The summed E-state index contributed by atoms with van der Waals surface area (Å²) in [6.45, 7) is 10.2. The molecule has 7 nitrogen and oxygen atoms in total. The number of aliphatic imine (C=N–C) groups is 1. The summed E-state index contributed by atoms with van der Waals surface area (Å²) in [5.74, 6) is 1.13. The van der Waals surface area contributed by atoms with Crippen molar-refractivity contribution in [2.24, 2.45) is 16.8 Å². The Balaban J connectivity index is 2.12. The van der Waals surface area contributed by atoms with E-state index in [1.807, 2.05) is 30.2 Å². The van der Waals surface area contributed by atoms with Gasteiger partial charge in [0, 0.05) is 37.7 Å². The van der Waals surface area contributed by atoms with Crippen molar-refractivity contribution in [3.8, 4) is 0 Å². The predicted octanol–water partition coefficient (Wildman–Crippen LogP) is 4.77. The van der Waals surface area contributed by atoms with Gasteiger partial charge in [-0.25, -0.2) is 13.4 Å². The standard InChI is InChI=1S/C27H40N4O3S/c1-20(2)14-16-31(17-15-21(3)4)27(32)22-8-7-9-25(26(18-22)28-5)30-19-29-23-10-12-24(13-11-23)35(6,33)34/h8-13,18-21,28H,7,14-17H2,1-6H3,(H,29,30). The first-order valence-corrected chi connectivity index (χ1v) is 14.1. The highest BCUT2D eigenvalue weighted by Gasteiger charge is 2.19. The first kappa shape index (κ1) is 28.4. The summed E-state index contributed by atoms with van der Waals surface area (Å²) in [4.78, 5) is 20.2. The number of nitrogens with zero attached hydrogens (tertiary/aromatic N) is 2. The topological polar surface area (TPSA) is 90.9 Å². The third kappa shape index (κ3) is 9.36. The molecule has 1 aliphatic carbocycles. The van der Waals surface area contributed by atoms with Gasteiger partial charge in [-0.2, -0.15) is 0 Å². The van der Waals surface area contributed by atoms with E-state index in [1.54, 1.807) is 30.6 Å². The minimum Gasteiger partial charge on any atom is -0.386 e. The highest BCUT2D eigenvalue weighted by molar-refractivity contribution is 7.90. The Hall–Kier alpha value is -2.87. The molecule has 192 valence electrons. The van der Waals surface area contributed by atoms with Gasteiger partial charge in [-0.1, -0.05) is 39.8 Å². The van der Waals surface area contributed by atoms with Gasteiger partial charge in [0.25, 0.3) is 5.91 Å². The van der Waals surface area contributed by atoms with Crippen LogP contribution in [0.15, 0.2) is 69.3 Å². The van der Waals surface area contributed by atoms with E-state index < -0.39 is 9.84 Å². The second-order valence-electron chi connectivity index (χ2n) is 9.65. The van der Waals surface area contributed by atoms with Crippen LogP contribution in [0, 0.1) is 11.8 Å². The zero-order chi connectivity index (χ0) is 26.0. The Morgan fingerprint density at radius 3 is 2.17 bits per heavy atom. The highest BCUT2D eigenvalue weighted by Crippen LogP contribution is 2.20. The molecule has 0 fully saturated rings. The molecule has 1 amide bonds. The van der Waals surface area contributed by atoms with Gasteiger partial charge in [0.1, 0.15) is 0 Å². The Bertz CT molecular complexity index is 1070. The van der Waals surface area contributed by atoms with Gasteiger partial charge in [-0.3, -0.25) is 4.79 Å². The Morgan fingerprint density at radius 1 is 1.06 bits per heavy atom. The lowest BCUT2D eigenvalue weighted by Crippen LogP contribution is -2.35. The van der Waals surface area contributed by atoms with Gasteiger partial charge in [0.05, 0.1) is 22.6 Å². The molecule has 1 aromatic rings. The Morgan fingerprint density at radius 2 is 1.66 bits per heavy atom. The molecule has 0 radical (unpaired) electrons. The fourth-order valence-corrected chi connectivity index (χ4v) is 4.10. The van der Waals surface area contributed by atoms with E-state index in [0.717, 1.165) is 43.0 Å². The quantitative estimate of drug-likeness (QED) is 0.319. The molecule has 2 rings (SSSR count). The number of sulfone groups is 1. The molecule has 1 aromatic carbocycles. The number of benzene rings is 1. The van der Waals surface area contributed by atoms with Crippen molar-refractivity contribution in [2.75, 3.05) is 31.7 Å². The lowest BCUT2D eigenvalue weighted by Gasteiger charge is -2.25. The van der Waals surface area contributed by atoms with E-state index in [2.05, 4.69) is 43.3 Å². The third-order valence-electron chi connectivity index (χ3n) is 5.70. The number of nitrogens with one attached hydrogen (secondary N) is 2. The molecule has 8 heteroatoms. The minimum absolute atomic E-state index is 0.0572. The first-order valence-electron chi connectivity index (χ1n) is 12.2. The number of rotatable bonds is 12. The number of hydrogen-bond donors (Lipinski definition) is 2. The second kappa shape index (κ2) is 13.3. The van der Waals surface area contributed by atoms with Crippen molar-refractivity contribution in [3.63, 3.8) is 0 Å². The van der Waals surface area contributed by atoms with E-state index >= 15 is 0 Å². The number of allylic oxidation sites excluding steroid dienone is 2. The molecule has 0 saturated carbocycles. The van der Waals surface area contributed by atoms with Crippen LogP contribution >= 0.6 is 0 Å². The van der Waals surface area contributed by atoms with E-state index in [4.69, 9.17) is 0 Å². The molecule has 35 heavy (non-hydrogen) atoms. The average molecular weight is 501 g/mol. The minimum atomic E-state index is -3.23. The molecule has 0 aromatic heterocycles. The maximum Gasteiger partial charge on any atom is 0.253 e. The monoisotopic (exact) mass is 500 g/mol. The Kier molecular flexibility index (Phi) is 10.8. The fraction of sp³-hybridized carbons (Fsp3) is 0.481. The maximum absolute atomic E-state index is 13.4. The predicted molar refractivity (Wildman–Crippen MR) is 145 cm³/mol. The molecular weight excluding hydrogens is 460 g/mol. The van der Waals surface area contributed by atoms with Crippen molar-refractivity contribution in [1.29, 1.82) is 0 Å². The molecule has 0 atom stereocenters. The second-order valence-corrected chi connectivity index (χ2v) is 11.7. The number of hydrogen-bond acceptors (Lipinski definition) is 5. The van der Waals surface area contributed by atoms with E-state index in [0.29, 0.717) is 23.8 Å². The molecular formula is C27H40N4O3S. The van der Waals surface area contributed by atoms with Gasteiger partial charge >= 0.3 is 0 Å².